The molecule has 1 atom stereocenters. The van der Waals surface area contributed by atoms with E-state index in [1.165, 1.54) is 5.56 Å². The van der Waals surface area contributed by atoms with Gasteiger partial charge in [0, 0.05) is 19.2 Å². The highest BCUT2D eigenvalue weighted by atomic mass is 16.1. The first-order valence-electron chi connectivity index (χ1n) is 7.43. The maximum atomic E-state index is 11.4. The maximum absolute atomic E-state index is 11.4. The fraction of sp³-hybridized carbons (Fsp3) is 0.444. The molecule has 0 aliphatic rings. The highest BCUT2D eigenvalue weighted by Crippen LogP contribution is 2.23. The number of allylic oxidation sites excluding steroid dienone is 1. The minimum absolute atomic E-state index is 0.0220. The number of carbonyl (C=O) groups is 1. The van der Waals surface area contributed by atoms with Crippen LogP contribution in [0.4, 0.5) is 0 Å². The van der Waals surface area contributed by atoms with E-state index in [0.29, 0.717) is 0 Å². The first-order valence-corrected chi connectivity index (χ1v) is 7.43. The molecule has 1 rings (SSSR count). The van der Waals surface area contributed by atoms with Gasteiger partial charge in [-0.3, -0.25) is 4.99 Å². The summed E-state index contributed by atoms with van der Waals surface area (Å²) in [5.74, 6) is -0.0220. The lowest BCUT2D eigenvalue weighted by Crippen LogP contribution is -2.10. The van der Waals surface area contributed by atoms with E-state index in [2.05, 4.69) is 41.5 Å². The molecule has 21 heavy (non-hydrogen) atoms. The third-order valence-corrected chi connectivity index (χ3v) is 3.55. The second kappa shape index (κ2) is 9.24. The maximum Gasteiger partial charge on any atom is 0.127 e. The van der Waals surface area contributed by atoms with Crippen molar-refractivity contribution in [2.45, 2.75) is 32.6 Å². The highest BCUT2D eigenvalue weighted by molar-refractivity contribution is 5.85. The molecule has 0 heterocycles. The minimum atomic E-state index is -0.0220. The lowest BCUT2D eigenvalue weighted by atomic mass is 9.92. The van der Waals surface area contributed by atoms with Gasteiger partial charge in [-0.15, -0.1) is 0 Å². The molecule has 1 unspecified atom stereocenters. The molecule has 114 valence electrons. The normalized spacial score (nSPS) is 13.6. The van der Waals surface area contributed by atoms with Gasteiger partial charge in [-0.2, -0.15) is 0 Å². The third kappa shape index (κ3) is 5.64. The summed E-state index contributed by atoms with van der Waals surface area (Å²) in [6.45, 7) is 5.06. The number of nitrogens with one attached hydrogen (secondary N) is 1. The van der Waals surface area contributed by atoms with Gasteiger partial charge in [-0.1, -0.05) is 24.3 Å². The number of aldehydes is 1. The third-order valence-electron chi connectivity index (χ3n) is 3.55. The molecule has 0 fully saturated rings. The number of aliphatic imine (C=N–C) groups is 1. The molecule has 1 aromatic rings. The summed E-state index contributed by atoms with van der Waals surface area (Å²) < 4.78 is 0. The summed E-state index contributed by atoms with van der Waals surface area (Å²) in [5.41, 5.74) is 4.57. The zero-order valence-electron chi connectivity index (χ0n) is 13.5. The van der Waals surface area contributed by atoms with Crippen LogP contribution >= 0.6 is 0 Å². The average molecular weight is 286 g/mol. The van der Waals surface area contributed by atoms with Gasteiger partial charge < -0.3 is 10.1 Å². The Kier molecular flexibility index (Phi) is 7.62. The van der Waals surface area contributed by atoms with Gasteiger partial charge in [-0.05, 0) is 62.5 Å². The number of hydrogen-bond donors (Lipinski definition) is 1. The summed E-state index contributed by atoms with van der Waals surface area (Å²) in [7, 11) is 3.70. The van der Waals surface area contributed by atoms with Gasteiger partial charge >= 0.3 is 0 Å². The molecule has 3 heteroatoms. The molecule has 0 aromatic heterocycles. The van der Waals surface area contributed by atoms with Gasteiger partial charge in [0.25, 0.3) is 0 Å². The van der Waals surface area contributed by atoms with Crippen molar-refractivity contribution in [2.24, 2.45) is 4.99 Å². The van der Waals surface area contributed by atoms with E-state index in [4.69, 9.17) is 0 Å². The zero-order valence-corrected chi connectivity index (χ0v) is 13.5. The smallest absolute Gasteiger partial charge is 0.127 e. The van der Waals surface area contributed by atoms with Crippen molar-refractivity contribution >= 4 is 18.6 Å². The largest absolute Gasteiger partial charge is 0.320 e. The molecular formula is C18H26N2O. The molecule has 1 aromatic carbocycles. The molecule has 0 aliphatic heterocycles. The summed E-state index contributed by atoms with van der Waals surface area (Å²) in [4.78, 5) is 15.4. The molecule has 1 N–H and O–H groups in total. The van der Waals surface area contributed by atoms with Crippen LogP contribution in [0.2, 0.25) is 0 Å². The van der Waals surface area contributed by atoms with E-state index in [1.807, 2.05) is 20.2 Å². The lowest BCUT2D eigenvalue weighted by molar-refractivity contribution is -0.109. The number of aryl methyl sites for hydroxylation is 1. The summed E-state index contributed by atoms with van der Waals surface area (Å²) in [6, 6.07) is 6.28. The van der Waals surface area contributed by atoms with Gasteiger partial charge in [-0.25, -0.2) is 0 Å². The quantitative estimate of drug-likeness (QED) is 0.452. The van der Waals surface area contributed by atoms with Crippen LogP contribution in [0.5, 0.6) is 0 Å². The fourth-order valence-electron chi connectivity index (χ4n) is 2.34. The van der Waals surface area contributed by atoms with Crippen LogP contribution < -0.4 is 5.32 Å². The number of benzene rings is 1. The second-order valence-corrected chi connectivity index (χ2v) is 5.38. The van der Waals surface area contributed by atoms with E-state index < -0.39 is 0 Å². The highest BCUT2D eigenvalue weighted by Gasteiger charge is 2.11. The van der Waals surface area contributed by atoms with E-state index in [0.717, 1.165) is 42.4 Å². The van der Waals surface area contributed by atoms with Crippen LogP contribution in [0.25, 0.3) is 6.08 Å². The van der Waals surface area contributed by atoms with E-state index in [-0.39, 0.29) is 5.92 Å². The second-order valence-electron chi connectivity index (χ2n) is 5.38. The Hall–Kier alpha value is -1.74. The van der Waals surface area contributed by atoms with Crippen LogP contribution in [0, 0.1) is 6.92 Å². The van der Waals surface area contributed by atoms with Gasteiger partial charge in [0.05, 0.1) is 0 Å². The molecule has 0 saturated carbocycles. The predicted molar refractivity (Wildman–Crippen MR) is 91.2 cm³/mol. The number of rotatable bonds is 8. The van der Waals surface area contributed by atoms with Crippen LogP contribution in [0.1, 0.15) is 42.4 Å². The van der Waals surface area contributed by atoms with Crippen molar-refractivity contribution in [1.82, 2.24) is 5.32 Å². The Morgan fingerprint density at radius 1 is 1.43 bits per heavy atom. The Morgan fingerprint density at radius 3 is 2.81 bits per heavy atom. The summed E-state index contributed by atoms with van der Waals surface area (Å²) in [5, 5.41) is 3.12. The monoisotopic (exact) mass is 286 g/mol. The molecular weight excluding hydrogens is 260 g/mol. The van der Waals surface area contributed by atoms with E-state index >= 15 is 0 Å². The van der Waals surface area contributed by atoms with Gasteiger partial charge in [0.15, 0.2) is 0 Å². The summed E-state index contributed by atoms with van der Waals surface area (Å²) >= 11 is 0. The van der Waals surface area contributed by atoms with Crippen molar-refractivity contribution in [1.29, 1.82) is 0 Å². The Balaban J connectivity index is 2.98. The Labute approximate surface area is 128 Å². The van der Waals surface area contributed by atoms with Crippen molar-refractivity contribution in [3.05, 3.63) is 40.5 Å². The Bertz CT molecular complexity index is 518. The average Bonchev–Trinajstić information content (AvgIpc) is 2.46. The zero-order chi connectivity index (χ0) is 15.7. The van der Waals surface area contributed by atoms with Crippen molar-refractivity contribution in [3.8, 4) is 0 Å². The molecule has 0 spiro atoms. The number of carbonyl (C=O) groups excluding carboxylic acids is 1. The predicted octanol–water partition coefficient (Wildman–Crippen LogP) is 3.38. The van der Waals surface area contributed by atoms with Gasteiger partial charge in [0.2, 0.25) is 0 Å². The van der Waals surface area contributed by atoms with E-state index in [1.54, 1.807) is 7.05 Å². The van der Waals surface area contributed by atoms with Crippen LogP contribution in [0.3, 0.4) is 0 Å². The molecule has 0 amide bonds. The van der Waals surface area contributed by atoms with Gasteiger partial charge in [0.1, 0.15) is 6.29 Å². The van der Waals surface area contributed by atoms with E-state index in [9.17, 15) is 4.79 Å². The SMILES string of the molecule is CN=C/C(C)=C/c1cc(C(C=O)CCCNC)ccc1C. The Morgan fingerprint density at radius 2 is 2.19 bits per heavy atom. The molecule has 0 radical (unpaired) electrons. The van der Waals surface area contributed by atoms with Crippen LogP contribution in [-0.4, -0.2) is 33.1 Å². The number of hydrogen-bond acceptors (Lipinski definition) is 3. The van der Waals surface area contributed by atoms with Crippen molar-refractivity contribution in [2.75, 3.05) is 20.6 Å². The topological polar surface area (TPSA) is 41.5 Å². The molecule has 3 nitrogen and oxygen atoms in total. The van der Waals surface area contributed by atoms with Crippen molar-refractivity contribution in [3.63, 3.8) is 0 Å². The number of nitrogens with zero attached hydrogens (tertiary/aromatic N) is 1. The molecule has 0 saturated heterocycles. The molecule has 0 bridgehead atoms. The molecule has 0 aliphatic carbocycles. The lowest BCUT2D eigenvalue weighted by Gasteiger charge is -2.13. The standard InChI is InChI=1S/C18H26N2O/c1-14(12-20-4)10-18-11-16(8-7-15(18)2)17(13-21)6-5-9-19-3/h7-8,10-13,17,19H,5-6,9H2,1-4H3/b14-10+,20-12?. The van der Waals surface area contributed by atoms with Crippen LogP contribution in [0.15, 0.2) is 28.8 Å². The first kappa shape index (κ1) is 17.3. The van der Waals surface area contributed by atoms with Crippen LogP contribution in [-0.2, 0) is 4.79 Å². The fourth-order valence-corrected chi connectivity index (χ4v) is 2.34. The minimum Gasteiger partial charge on any atom is -0.320 e. The summed E-state index contributed by atoms with van der Waals surface area (Å²) in [6.07, 6.45) is 6.90. The van der Waals surface area contributed by atoms with Crippen molar-refractivity contribution < 1.29 is 4.79 Å². The first-order chi connectivity index (χ1) is 10.1.